The van der Waals surface area contributed by atoms with Crippen molar-refractivity contribution < 1.29 is 4.39 Å². The molecule has 18 heavy (non-hydrogen) atoms. The molecule has 0 aliphatic carbocycles. The van der Waals surface area contributed by atoms with Crippen LogP contribution in [0.3, 0.4) is 0 Å². The van der Waals surface area contributed by atoms with Crippen molar-refractivity contribution in [2.24, 2.45) is 5.92 Å². The van der Waals surface area contributed by atoms with E-state index in [1.165, 1.54) is 38.1 Å². The number of piperidine rings is 1. The number of hydrogen-bond donors (Lipinski definition) is 1. The quantitative estimate of drug-likeness (QED) is 0.884. The van der Waals surface area contributed by atoms with Gasteiger partial charge in [0, 0.05) is 12.6 Å². The molecule has 1 saturated heterocycles. The maximum absolute atomic E-state index is 12.8. The number of nitrogens with one attached hydrogen (secondary N) is 1. The molecule has 1 fully saturated rings. The molecule has 0 saturated carbocycles. The molecule has 2 rings (SSSR count). The number of benzene rings is 1. The van der Waals surface area contributed by atoms with Crippen LogP contribution < -0.4 is 5.32 Å². The van der Waals surface area contributed by atoms with Gasteiger partial charge < -0.3 is 10.2 Å². The van der Waals surface area contributed by atoms with Crippen LogP contribution in [0.25, 0.3) is 0 Å². The summed E-state index contributed by atoms with van der Waals surface area (Å²) in [7, 11) is 2.19. The molecule has 1 aliphatic rings. The SMILES string of the molecule is C[C@H](NCC1CCCN(C)C1)c1ccc(F)cc1. The van der Waals surface area contributed by atoms with E-state index in [4.69, 9.17) is 0 Å². The van der Waals surface area contributed by atoms with E-state index in [-0.39, 0.29) is 11.9 Å². The van der Waals surface area contributed by atoms with Crippen molar-refractivity contribution in [2.45, 2.75) is 25.8 Å². The average molecular weight is 250 g/mol. The molecule has 1 N–H and O–H groups in total. The van der Waals surface area contributed by atoms with Gasteiger partial charge >= 0.3 is 0 Å². The first-order chi connectivity index (χ1) is 8.65. The monoisotopic (exact) mass is 250 g/mol. The van der Waals surface area contributed by atoms with Gasteiger partial charge in [0.15, 0.2) is 0 Å². The molecule has 1 aliphatic heterocycles. The van der Waals surface area contributed by atoms with E-state index in [9.17, 15) is 4.39 Å². The first kappa shape index (κ1) is 13.5. The van der Waals surface area contributed by atoms with Gasteiger partial charge in [-0.3, -0.25) is 0 Å². The zero-order chi connectivity index (χ0) is 13.0. The van der Waals surface area contributed by atoms with Crippen molar-refractivity contribution in [3.05, 3.63) is 35.6 Å². The highest BCUT2D eigenvalue weighted by Crippen LogP contribution is 2.17. The Morgan fingerprint density at radius 2 is 2.11 bits per heavy atom. The van der Waals surface area contributed by atoms with Crippen molar-refractivity contribution in [1.29, 1.82) is 0 Å². The Morgan fingerprint density at radius 3 is 2.78 bits per heavy atom. The van der Waals surface area contributed by atoms with Gasteiger partial charge in [-0.15, -0.1) is 0 Å². The van der Waals surface area contributed by atoms with E-state index in [1.54, 1.807) is 0 Å². The summed E-state index contributed by atoms with van der Waals surface area (Å²) >= 11 is 0. The number of likely N-dealkylation sites (tertiary alicyclic amines) is 1. The molecular formula is C15H23FN2. The topological polar surface area (TPSA) is 15.3 Å². The minimum absolute atomic E-state index is 0.167. The number of hydrogen-bond acceptors (Lipinski definition) is 2. The van der Waals surface area contributed by atoms with E-state index >= 15 is 0 Å². The summed E-state index contributed by atoms with van der Waals surface area (Å²) in [6, 6.07) is 7.07. The predicted molar refractivity (Wildman–Crippen MR) is 73.0 cm³/mol. The summed E-state index contributed by atoms with van der Waals surface area (Å²) in [5, 5.41) is 3.56. The third-order valence-electron chi connectivity index (χ3n) is 3.80. The van der Waals surface area contributed by atoms with Crippen LogP contribution in [0.5, 0.6) is 0 Å². The Balaban J connectivity index is 1.80. The van der Waals surface area contributed by atoms with Crippen molar-refractivity contribution in [3.63, 3.8) is 0 Å². The number of nitrogens with zero attached hydrogens (tertiary/aromatic N) is 1. The van der Waals surface area contributed by atoms with Crippen molar-refractivity contribution in [1.82, 2.24) is 10.2 Å². The van der Waals surface area contributed by atoms with Gasteiger partial charge in [0.1, 0.15) is 5.82 Å². The lowest BCUT2D eigenvalue weighted by Crippen LogP contribution is -2.37. The normalized spacial score (nSPS) is 22.9. The molecule has 0 radical (unpaired) electrons. The van der Waals surface area contributed by atoms with Crippen molar-refractivity contribution >= 4 is 0 Å². The van der Waals surface area contributed by atoms with Gasteiger partial charge in [0.25, 0.3) is 0 Å². The van der Waals surface area contributed by atoms with Crippen LogP contribution >= 0.6 is 0 Å². The van der Waals surface area contributed by atoms with E-state index in [1.807, 2.05) is 12.1 Å². The van der Waals surface area contributed by atoms with E-state index in [0.717, 1.165) is 18.0 Å². The van der Waals surface area contributed by atoms with Crippen LogP contribution in [0.15, 0.2) is 24.3 Å². The molecule has 0 spiro atoms. The Kier molecular flexibility index (Phi) is 4.72. The average Bonchev–Trinajstić information content (AvgIpc) is 2.37. The fourth-order valence-electron chi connectivity index (χ4n) is 2.65. The molecule has 100 valence electrons. The molecular weight excluding hydrogens is 227 g/mol. The summed E-state index contributed by atoms with van der Waals surface area (Å²) in [6.07, 6.45) is 2.61. The van der Waals surface area contributed by atoms with Gasteiger partial charge in [0.05, 0.1) is 0 Å². The zero-order valence-electron chi connectivity index (χ0n) is 11.3. The Bertz CT molecular complexity index is 363. The van der Waals surface area contributed by atoms with E-state index in [2.05, 4.69) is 24.2 Å². The molecule has 1 aromatic rings. The summed E-state index contributed by atoms with van der Waals surface area (Å²) in [4.78, 5) is 2.40. The van der Waals surface area contributed by atoms with E-state index in [0.29, 0.717) is 0 Å². The van der Waals surface area contributed by atoms with E-state index < -0.39 is 0 Å². The molecule has 0 bridgehead atoms. The molecule has 0 aromatic heterocycles. The first-order valence-corrected chi connectivity index (χ1v) is 6.82. The molecule has 2 nitrogen and oxygen atoms in total. The van der Waals surface area contributed by atoms with Crippen LogP contribution in [0.1, 0.15) is 31.4 Å². The fourth-order valence-corrected chi connectivity index (χ4v) is 2.65. The molecule has 1 heterocycles. The lowest BCUT2D eigenvalue weighted by atomic mass is 9.97. The Hall–Kier alpha value is -0.930. The van der Waals surface area contributed by atoms with Crippen LogP contribution in [-0.2, 0) is 0 Å². The van der Waals surface area contributed by atoms with Gasteiger partial charge in [-0.25, -0.2) is 4.39 Å². The summed E-state index contributed by atoms with van der Waals surface area (Å²) in [6.45, 7) is 5.59. The minimum atomic E-state index is -0.167. The number of halogens is 1. The molecule has 2 atom stereocenters. The predicted octanol–water partition coefficient (Wildman–Crippen LogP) is 2.82. The van der Waals surface area contributed by atoms with Gasteiger partial charge in [-0.05, 0) is 63.5 Å². The smallest absolute Gasteiger partial charge is 0.123 e. The zero-order valence-corrected chi connectivity index (χ0v) is 11.3. The van der Waals surface area contributed by atoms with Crippen molar-refractivity contribution in [2.75, 3.05) is 26.7 Å². The largest absolute Gasteiger partial charge is 0.310 e. The highest BCUT2D eigenvalue weighted by atomic mass is 19.1. The third-order valence-corrected chi connectivity index (χ3v) is 3.80. The van der Waals surface area contributed by atoms with Crippen molar-refractivity contribution in [3.8, 4) is 0 Å². The Labute approximate surface area is 109 Å². The third kappa shape index (κ3) is 3.79. The summed E-state index contributed by atoms with van der Waals surface area (Å²) in [5.41, 5.74) is 1.15. The summed E-state index contributed by atoms with van der Waals surface area (Å²) < 4.78 is 12.8. The lowest BCUT2D eigenvalue weighted by molar-refractivity contribution is 0.203. The lowest BCUT2D eigenvalue weighted by Gasteiger charge is -2.30. The van der Waals surface area contributed by atoms with Crippen LogP contribution in [-0.4, -0.2) is 31.6 Å². The highest BCUT2D eigenvalue weighted by Gasteiger charge is 2.17. The second-order valence-electron chi connectivity index (χ2n) is 5.45. The maximum atomic E-state index is 12.8. The Morgan fingerprint density at radius 1 is 1.39 bits per heavy atom. The molecule has 3 heteroatoms. The highest BCUT2D eigenvalue weighted by molar-refractivity contribution is 5.19. The second-order valence-corrected chi connectivity index (χ2v) is 5.45. The molecule has 1 unspecified atom stereocenters. The number of rotatable bonds is 4. The minimum Gasteiger partial charge on any atom is -0.310 e. The van der Waals surface area contributed by atoms with Gasteiger partial charge in [-0.2, -0.15) is 0 Å². The first-order valence-electron chi connectivity index (χ1n) is 6.82. The standard InChI is InChI=1S/C15H23FN2/c1-12(14-5-7-15(16)8-6-14)17-10-13-4-3-9-18(2)11-13/h5-8,12-13,17H,3-4,9-11H2,1-2H3/t12-,13?/m0/s1. The van der Waals surface area contributed by atoms with Crippen LogP contribution in [0.4, 0.5) is 4.39 Å². The van der Waals surface area contributed by atoms with Crippen LogP contribution in [0, 0.1) is 11.7 Å². The van der Waals surface area contributed by atoms with Gasteiger partial charge in [0.2, 0.25) is 0 Å². The second kappa shape index (κ2) is 6.30. The van der Waals surface area contributed by atoms with Crippen LogP contribution in [0.2, 0.25) is 0 Å². The summed E-state index contributed by atoms with van der Waals surface area (Å²) in [5.74, 6) is 0.575. The van der Waals surface area contributed by atoms with Gasteiger partial charge in [-0.1, -0.05) is 12.1 Å². The molecule has 1 aromatic carbocycles. The molecule has 0 amide bonds. The fraction of sp³-hybridized carbons (Fsp3) is 0.600. The maximum Gasteiger partial charge on any atom is 0.123 e.